The van der Waals surface area contributed by atoms with Crippen LogP contribution in [0.2, 0.25) is 0 Å². The smallest absolute Gasteiger partial charge is 0.323 e. The normalized spacial score (nSPS) is 28.9. The molecule has 13 heavy (non-hydrogen) atoms. The first-order valence-corrected chi connectivity index (χ1v) is 5.03. The third-order valence-electron chi connectivity index (χ3n) is 2.30. The quantitative estimate of drug-likeness (QED) is 0.659. The number of hydrogen-bond acceptors (Lipinski definition) is 3. The van der Waals surface area contributed by atoms with Gasteiger partial charge in [-0.3, -0.25) is 4.79 Å². The first kappa shape index (κ1) is 10.5. The summed E-state index contributed by atoms with van der Waals surface area (Å²) >= 11 is 0. The van der Waals surface area contributed by atoms with Crippen LogP contribution in [-0.4, -0.2) is 24.7 Å². The Labute approximate surface area is 79.8 Å². The van der Waals surface area contributed by atoms with E-state index in [1.54, 1.807) is 0 Å². The largest absolute Gasteiger partial charge is 0.462 e. The van der Waals surface area contributed by atoms with Crippen molar-refractivity contribution in [3.63, 3.8) is 0 Å². The summed E-state index contributed by atoms with van der Waals surface area (Å²) in [7, 11) is 0. The summed E-state index contributed by atoms with van der Waals surface area (Å²) in [6.07, 6.45) is 2.06. The van der Waals surface area contributed by atoms with Gasteiger partial charge in [-0.1, -0.05) is 6.92 Å². The van der Waals surface area contributed by atoms with Gasteiger partial charge in [-0.05, 0) is 39.2 Å². The minimum Gasteiger partial charge on any atom is -0.462 e. The van der Waals surface area contributed by atoms with Gasteiger partial charge in [-0.2, -0.15) is 0 Å². The molecule has 2 atom stereocenters. The number of nitrogens with one attached hydrogen (secondary N) is 1. The third kappa shape index (κ3) is 3.35. The van der Waals surface area contributed by atoms with E-state index in [-0.39, 0.29) is 18.1 Å². The van der Waals surface area contributed by atoms with Crippen LogP contribution in [0.15, 0.2) is 0 Å². The number of piperidine rings is 1. The fourth-order valence-corrected chi connectivity index (χ4v) is 1.60. The predicted octanol–water partition coefficient (Wildman–Crippen LogP) is 1.33. The van der Waals surface area contributed by atoms with Crippen molar-refractivity contribution in [3.8, 4) is 0 Å². The highest BCUT2D eigenvalue weighted by Gasteiger charge is 2.25. The standard InChI is InChI=1S/C10H19NO2/c1-7(2)13-10(12)9-6-8(3)4-5-11-9/h7-9,11H,4-6H2,1-3H3/t8-,9-/m1/s1. The molecule has 0 saturated carbocycles. The van der Waals surface area contributed by atoms with Gasteiger partial charge in [0.05, 0.1) is 6.10 Å². The molecule has 1 aliphatic heterocycles. The van der Waals surface area contributed by atoms with Crippen LogP contribution in [0.5, 0.6) is 0 Å². The molecule has 0 aromatic heterocycles. The molecule has 0 radical (unpaired) electrons. The maximum absolute atomic E-state index is 11.5. The summed E-state index contributed by atoms with van der Waals surface area (Å²) in [6, 6.07) is -0.0776. The molecule has 1 aliphatic rings. The third-order valence-corrected chi connectivity index (χ3v) is 2.30. The van der Waals surface area contributed by atoms with Gasteiger partial charge < -0.3 is 10.1 Å². The average Bonchev–Trinajstić information content (AvgIpc) is 2.03. The summed E-state index contributed by atoms with van der Waals surface area (Å²) in [4.78, 5) is 11.5. The van der Waals surface area contributed by atoms with E-state index in [2.05, 4.69) is 12.2 Å². The van der Waals surface area contributed by atoms with Gasteiger partial charge in [-0.15, -0.1) is 0 Å². The van der Waals surface area contributed by atoms with Gasteiger partial charge in [0, 0.05) is 0 Å². The highest BCUT2D eigenvalue weighted by atomic mass is 16.5. The lowest BCUT2D eigenvalue weighted by Crippen LogP contribution is -2.44. The lowest BCUT2D eigenvalue weighted by Gasteiger charge is -2.27. The molecule has 1 heterocycles. The van der Waals surface area contributed by atoms with Crippen molar-refractivity contribution in [3.05, 3.63) is 0 Å². The van der Waals surface area contributed by atoms with E-state index in [1.165, 1.54) is 0 Å². The fourth-order valence-electron chi connectivity index (χ4n) is 1.60. The molecule has 0 aromatic carbocycles. The van der Waals surface area contributed by atoms with Crippen molar-refractivity contribution in [1.29, 1.82) is 0 Å². The van der Waals surface area contributed by atoms with E-state index in [9.17, 15) is 4.79 Å². The molecule has 0 spiro atoms. The highest BCUT2D eigenvalue weighted by molar-refractivity contribution is 5.76. The molecule has 0 aliphatic carbocycles. The molecule has 3 nitrogen and oxygen atoms in total. The topological polar surface area (TPSA) is 38.3 Å². The summed E-state index contributed by atoms with van der Waals surface area (Å²) in [6.45, 7) is 6.86. The van der Waals surface area contributed by atoms with Crippen LogP contribution in [0.3, 0.4) is 0 Å². The van der Waals surface area contributed by atoms with Crippen molar-refractivity contribution >= 4 is 5.97 Å². The zero-order valence-electron chi connectivity index (χ0n) is 8.67. The van der Waals surface area contributed by atoms with E-state index < -0.39 is 0 Å². The fraction of sp³-hybridized carbons (Fsp3) is 0.900. The van der Waals surface area contributed by atoms with Crippen LogP contribution in [0.4, 0.5) is 0 Å². The first-order valence-electron chi connectivity index (χ1n) is 5.03. The molecule has 76 valence electrons. The van der Waals surface area contributed by atoms with Gasteiger partial charge in [0.15, 0.2) is 0 Å². The Balaban J connectivity index is 2.37. The van der Waals surface area contributed by atoms with Crippen molar-refractivity contribution in [2.75, 3.05) is 6.54 Å². The number of carbonyl (C=O) groups excluding carboxylic acids is 1. The summed E-state index contributed by atoms with van der Waals surface area (Å²) in [5.74, 6) is 0.535. The highest BCUT2D eigenvalue weighted by Crippen LogP contribution is 2.16. The molecule has 1 N–H and O–H groups in total. The number of esters is 1. The zero-order chi connectivity index (χ0) is 9.84. The molecular weight excluding hydrogens is 166 g/mol. The minimum atomic E-state index is -0.0958. The second-order valence-corrected chi connectivity index (χ2v) is 4.12. The first-order chi connectivity index (χ1) is 6.09. The molecule has 1 saturated heterocycles. The lowest BCUT2D eigenvalue weighted by molar-refractivity contribution is -0.151. The SMILES string of the molecule is CC(C)OC(=O)[C@H]1C[C@H](C)CCN1. The molecular formula is C10H19NO2. The van der Waals surface area contributed by atoms with Crippen LogP contribution in [0, 0.1) is 5.92 Å². The Kier molecular flexibility index (Phi) is 3.72. The number of rotatable bonds is 2. The Morgan fingerprint density at radius 3 is 2.77 bits per heavy atom. The lowest BCUT2D eigenvalue weighted by atomic mass is 9.94. The second-order valence-electron chi connectivity index (χ2n) is 4.12. The van der Waals surface area contributed by atoms with Gasteiger partial charge in [0.2, 0.25) is 0 Å². The molecule has 1 fully saturated rings. The number of carbonyl (C=O) groups is 1. The molecule has 3 heteroatoms. The number of ether oxygens (including phenoxy) is 1. The van der Waals surface area contributed by atoms with Gasteiger partial charge >= 0.3 is 5.97 Å². The monoisotopic (exact) mass is 185 g/mol. The second kappa shape index (κ2) is 4.61. The number of hydrogen-bond donors (Lipinski definition) is 1. The van der Waals surface area contributed by atoms with Crippen molar-refractivity contribution in [2.45, 2.75) is 45.8 Å². The molecule has 0 aromatic rings. The summed E-state index contributed by atoms with van der Waals surface area (Å²) < 4.78 is 5.14. The van der Waals surface area contributed by atoms with E-state index in [0.29, 0.717) is 5.92 Å². The average molecular weight is 185 g/mol. The molecule has 0 unspecified atom stereocenters. The van der Waals surface area contributed by atoms with Crippen molar-refractivity contribution in [1.82, 2.24) is 5.32 Å². The van der Waals surface area contributed by atoms with Gasteiger partial charge in [0.25, 0.3) is 0 Å². The minimum absolute atomic E-state index is 0.00784. The Morgan fingerprint density at radius 2 is 2.23 bits per heavy atom. The molecule has 0 bridgehead atoms. The summed E-state index contributed by atoms with van der Waals surface area (Å²) in [5, 5.41) is 3.18. The Morgan fingerprint density at radius 1 is 1.54 bits per heavy atom. The van der Waals surface area contributed by atoms with Crippen molar-refractivity contribution in [2.24, 2.45) is 5.92 Å². The maximum atomic E-state index is 11.5. The molecule has 1 rings (SSSR count). The Hall–Kier alpha value is -0.570. The van der Waals surface area contributed by atoms with E-state index >= 15 is 0 Å². The van der Waals surface area contributed by atoms with E-state index in [0.717, 1.165) is 19.4 Å². The Bertz CT molecular complexity index is 180. The molecule has 0 amide bonds. The van der Waals surface area contributed by atoms with Gasteiger partial charge in [0.1, 0.15) is 6.04 Å². The summed E-state index contributed by atoms with van der Waals surface area (Å²) in [5.41, 5.74) is 0. The van der Waals surface area contributed by atoms with Crippen LogP contribution < -0.4 is 5.32 Å². The van der Waals surface area contributed by atoms with Gasteiger partial charge in [-0.25, -0.2) is 0 Å². The van der Waals surface area contributed by atoms with Crippen LogP contribution in [0.1, 0.15) is 33.6 Å². The van der Waals surface area contributed by atoms with E-state index in [4.69, 9.17) is 4.74 Å². The zero-order valence-corrected chi connectivity index (χ0v) is 8.67. The van der Waals surface area contributed by atoms with Crippen molar-refractivity contribution < 1.29 is 9.53 Å². The predicted molar refractivity (Wildman–Crippen MR) is 51.4 cm³/mol. The van der Waals surface area contributed by atoms with E-state index in [1.807, 2.05) is 13.8 Å². The van der Waals surface area contributed by atoms with Crippen LogP contribution >= 0.6 is 0 Å². The van der Waals surface area contributed by atoms with Crippen LogP contribution in [0.25, 0.3) is 0 Å². The maximum Gasteiger partial charge on any atom is 0.323 e. The van der Waals surface area contributed by atoms with Crippen LogP contribution in [-0.2, 0) is 9.53 Å².